The van der Waals surface area contributed by atoms with Crippen molar-refractivity contribution < 1.29 is 8.78 Å². The molecule has 0 saturated heterocycles. The van der Waals surface area contributed by atoms with Crippen LogP contribution < -0.4 is 11.3 Å². The smallest absolute Gasteiger partial charge is 0.248 e. The predicted octanol–water partition coefficient (Wildman–Crippen LogP) is 3.63. The molecule has 0 amide bonds. The van der Waals surface area contributed by atoms with Crippen LogP contribution in [0.25, 0.3) is 0 Å². The number of rotatable bonds is 3. The molecule has 4 heteroatoms. The molecule has 0 heterocycles. The molecule has 1 aliphatic rings. The molecule has 1 fully saturated rings. The van der Waals surface area contributed by atoms with E-state index in [1.807, 2.05) is 6.07 Å². The van der Waals surface area contributed by atoms with Crippen molar-refractivity contribution >= 4 is 0 Å². The fourth-order valence-electron chi connectivity index (χ4n) is 2.86. The summed E-state index contributed by atoms with van der Waals surface area (Å²) in [5.74, 6) is 3.35. The SMILES string of the molecule is Cc1ccc(C(NN)C2CCC(F)(F)CC2)cc1C. The first-order valence-electron chi connectivity index (χ1n) is 6.84. The minimum atomic E-state index is -2.49. The first kappa shape index (κ1) is 14.4. The number of hydrogen-bond donors (Lipinski definition) is 2. The number of hydrogen-bond acceptors (Lipinski definition) is 2. The third kappa shape index (κ3) is 3.31. The molecule has 2 nitrogen and oxygen atoms in total. The zero-order chi connectivity index (χ0) is 14.0. The maximum absolute atomic E-state index is 13.2. The second-order valence-electron chi connectivity index (χ2n) is 5.68. The van der Waals surface area contributed by atoms with Crippen LogP contribution in [0.3, 0.4) is 0 Å². The number of nitrogens with two attached hydrogens (primary N) is 1. The van der Waals surface area contributed by atoms with E-state index in [2.05, 4.69) is 31.4 Å². The summed E-state index contributed by atoms with van der Waals surface area (Å²) < 4.78 is 26.4. The Bertz CT molecular complexity index is 436. The van der Waals surface area contributed by atoms with Crippen LogP contribution in [0.5, 0.6) is 0 Å². The summed E-state index contributed by atoms with van der Waals surface area (Å²) in [7, 11) is 0. The van der Waals surface area contributed by atoms with Crippen molar-refractivity contribution in [3.8, 4) is 0 Å². The van der Waals surface area contributed by atoms with Crippen LogP contribution in [0.4, 0.5) is 8.78 Å². The molecule has 1 aliphatic carbocycles. The van der Waals surface area contributed by atoms with E-state index in [0.717, 1.165) is 5.56 Å². The van der Waals surface area contributed by atoms with E-state index in [1.54, 1.807) is 0 Å². The van der Waals surface area contributed by atoms with E-state index in [4.69, 9.17) is 5.84 Å². The van der Waals surface area contributed by atoms with Crippen molar-refractivity contribution in [1.82, 2.24) is 5.43 Å². The Kier molecular flexibility index (Phi) is 4.21. The van der Waals surface area contributed by atoms with Gasteiger partial charge in [-0.1, -0.05) is 18.2 Å². The van der Waals surface area contributed by atoms with Gasteiger partial charge in [0.2, 0.25) is 5.92 Å². The van der Waals surface area contributed by atoms with E-state index in [-0.39, 0.29) is 24.8 Å². The van der Waals surface area contributed by atoms with Crippen LogP contribution >= 0.6 is 0 Å². The lowest BCUT2D eigenvalue weighted by atomic mass is 9.79. The molecule has 1 saturated carbocycles. The van der Waals surface area contributed by atoms with Crippen LogP contribution in [0.15, 0.2) is 18.2 Å². The van der Waals surface area contributed by atoms with Crippen LogP contribution in [-0.4, -0.2) is 5.92 Å². The van der Waals surface area contributed by atoms with Gasteiger partial charge in [0.05, 0.1) is 0 Å². The Morgan fingerprint density at radius 2 is 1.84 bits per heavy atom. The average molecular weight is 268 g/mol. The van der Waals surface area contributed by atoms with Crippen LogP contribution in [-0.2, 0) is 0 Å². The highest BCUT2D eigenvalue weighted by molar-refractivity contribution is 5.32. The number of halogens is 2. The molecule has 1 unspecified atom stereocenters. The van der Waals surface area contributed by atoms with Gasteiger partial charge >= 0.3 is 0 Å². The van der Waals surface area contributed by atoms with Crippen molar-refractivity contribution in [2.45, 2.75) is 51.5 Å². The Morgan fingerprint density at radius 1 is 1.21 bits per heavy atom. The van der Waals surface area contributed by atoms with Gasteiger partial charge in [0.15, 0.2) is 0 Å². The standard InChI is InChI=1S/C15H22F2N2/c1-10-3-4-13(9-11(10)2)14(19-18)12-5-7-15(16,17)8-6-12/h3-4,9,12,14,19H,5-8,18H2,1-2H3. The summed E-state index contributed by atoms with van der Waals surface area (Å²) in [4.78, 5) is 0. The predicted molar refractivity (Wildman–Crippen MR) is 72.9 cm³/mol. The molecule has 0 bridgehead atoms. The fraction of sp³-hybridized carbons (Fsp3) is 0.600. The third-order valence-electron chi connectivity index (χ3n) is 4.30. The van der Waals surface area contributed by atoms with Gasteiger partial charge < -0.3 is 0 Å². The summed E-state index contributed by atoms with van der Waals surface area (Å²) in [5, 5.41) is 0. The average Bonchev–Trinajstić information content (AvgIpc) is 2.36. The monoisotopic (exact) mass is 268 g/mol. The van der Waals surface area contributed by atoms with Crippen molar-refractivity contribution in [1.29, 1.82) is 0 Å². The van der Waals surface area contributed by atoms with E-state index in [0.29, 0.717) is 12.8 Å². The van der Waals surface area contributed by atoms with E-state index in [1.165, 1.54) is 11.1 Å². The molecule has 0 aliphatic heterocycles. The number of benzene rings is 1. The summed E-state index contributed by atoms with van der Waals surface area (Å²) in [5.41, 5.74) is 6.35. The maximum atomic E-state index is 13.2. The summed E-state index contributed by atoms with van der Waals surface area (Å²) >= 11 is 0. The third-order valence-corrected chi connectivity index (χ3v) is 4.30. The molecule has 3 N–H and O–H groups in total. The van der Waals surface area contributed by atoms with E-state index in [9.17, 15) is 8.78 Å². The second kappa shape index (κ2) is 5.55. The van der Waals surface area contributed by atoms with E-state index < -0.39 is 5.92 Å². The van der Waals surface area contributed by atoms with Gasteiger partial charge in [-0.2, -0.15) is 0 Å². The zero-order valence-corrected chi connectivity index (χ0v) is 11.5. The van der Waals surface area contributed by atoms with Gasteiger partial charge in [-0.05, 0) is 49.3 Å². The number of hydrazine groups is 1. The molecule has 1 aromatic rings. The molecular formula is C15H22F2N2. The van der Waals surface area contributed by atoms with Crippen molar-refractivity contribution in [3.63, 3.8) is 0 Å². The van der Waals surface area contributed by atoms with Gasteiger partial charge in [-0.25, -0.2) is 8.78 Å². The highest BCUT2D eigenvalue weighted by atomic mass is 19.3. The van der Waals surface area contributed by atoms with Gasteiger partial charge in [0.1, 0.15) is 0 Å². The lowest BCUT2D eigenvalue weighted by molar-refractivity contribution is -0.0497. The quantitative estimate of drug-likeness (QED) is 0.649. The molecular weight excluding hydrogens is 246 g/mol. The maximum Gasteiger partial charge on any atom is 0.248 e. The topological polar surface area (TPSA) is 38.0 Å². The highest BCUT2D eigenvalue weighted by Crippen LogP contribution is 2.41. The fourth-order valence-corrected chi connectivity index (χ4v) is 2.86. The summed E-state index contributed by atoms with van der Waals surface area (Å²) in [6, 6.07) is 6.17. The van der Waals surface area contributed by atoms with E-state index >= 15 is 0 Å². The van der Waals surface area contributed by atoms with Crippen molar-refractivity contribution in [2.75, 3.05) is 0 Å². The minimum absolute atomic E-state index is 0.0271. The molecule has 19 heavy (non-hydrogen) atoms. The number of alkyl halides is 2. The minimum Gasteiger partial charge on any atom is -0.271 e. The number of aryl methyl sites for hydroxylation is 2. The lowest BCUT2D eigenvalue weighted by Crippen LogP contribution is -2.37. The van der Waals surface area contributed by atoms with Crippen LogP contribution in [0.2, 0.25) is 0 Å². The van der Waals surface area contributed by atoms with Crippen molar-refractivity contribution in [3.05, 3.63) is 34.9 Å². The Labute approximate surface area is 113 Å². The van der Waals surface area contributed by atoms with Gasteiger partial charge in [0, 0.05) is 18.9 Å². The molecule has 106 valence electrons. The largest absolute Gasteiger partial charge is 0.271 e. The van der Waals surface area contributed by atoms with Gasteiger partial charge in [0.25, 0.3) is 0 Å². The van der Waals surface area contributed by atoms with Crippen LogP contribution in [0.1, 0.15) is 48.4 Å². The first-order valence-corrected chi connectivity index (χ1v) is 6.84. The molecule has 0 radical (unpaired) electrons. The molecule has 1 atom stereocenters. The summed E-state index contributed by atoms with van der Waals surface area (Å²) in [6.45, 7) is 4.12. The second-order valence-corrected chi connectivity index (χ2v) is 5.68. The summed E-state index contributed by atoms with van der Waals surface area (Å²) in [6.07, 6.45) is 0.991. The molecule has 0 aromatic heterocycles. The van der Waals surface area contributed by atoms with Gasteiger partial charge in [-0.15, -0.1) is 0 Å². The zero-order valence-electron chi connectivity index (χ0n) is 11.5. The lowest BCUT2D eigenvalue weighted by Gasteiger charge is -2.33. The molecule has 0 spiro atoms. The number of nitrogens with one attached hydrogen (secondary N) is 1. The molecule has 2 rings (SSSR count). The Morgan fingerprint density at radius 3 is 2.37 bits per heavy atom. The van der Waals surface area contributed by atoms with Crippen LogP contribution in [0, 0.1) is 19.8 Å². The Hall–Kier alpha value is -1.00. The highest BCUT2D eigenvalue weighted by Gasteiger charge is 2.37. The Balaban J connectivity index is 2.14. The van der Waals surface area contributed by atoms with Crippen molar-refractivity contribution in [2.24, 2.45) is 11.8 Å². The van der Waals surface area contributed by atoms with Gasteiger partial charge in [-0.3, -0.25) is 11.3 Å². The molecule has 1 aromatic carbocycles. The normalized spacial score (nSPS) is 21.3. The first-order chi connectivity index (χ1) is 8.93.